The van der Waals surface area contributed by atoms with Gasteiger partial charge in [0.2, 0.25) is 5.91 Å². The van der Waals surface area contributed by atoms with E-state index in [0.717, 1.165) is 5.56 Å². The second-order valence-electron chi connectivity index (χ2n) is 7.24. The molecular weight excluding hydrogens is 412 g/mol. The molecule has 2 aromatic carbocycles. The molecule has 2 aromatic heterocycles. The van der Waals surface area contributed by atoms with Crippen LogP contribution in [-0.4, -0.2) is 41.4 Å². The molecule has 0 unspecified atom stereocenters. The largest absolute Gasteiger partial charge is 0.496 e. The lowest BCUT2D eigenvalue weighted by atomic mass is 10.2. The number of aromatic nitrogens is 3. The summed E-state index contributed by atoms with van der Waals surface area (Å²) < 4.78 is 19.7. The predicted octanol–water partition coefficient (Wildman–Crippen LogP) is 2.30. The number of rotatable bonds is 7. The molecule has 4 rings (SSSR count). The van der Waals surface area contributed by atoms with Crippen LogP contribution in [0.1, 0.15) is 11.3 Å². The van der Waals surface area contributed by atoms with Crippen molar-refractivity contribution in [2.24, 2.45) is 0 Å². The first-order valence-corrected chi connectivity index (χ1v) is 10.00. The number of nitrogens with one attached hydrogen (secondary N) is 1. The molecule has 0 aliphatic rings. The van der Waals surface area contributed by atoms with Crippen molar-refractivity contribution < 1.29 is 19.0 Å². The highest BCUT2D eigenvalue weighted by molar-refractivity contribution is 5.96. The Morgan fingerprint density at radius 1 is 1.00 bits per heavy atom. The molecule has 4 aromatic rings. The van der Waals surface area contributed by atoms with Crippen LogP contribution in [0.2, 0.25) is 0 Å². The Kier molecular flexibility index (Phi) is 5.72. The Morgan fingerprint density at radius 2 is 1.69 bits per heavy atom. The molecule has 0 fully saturated rings. The van der Waals surface area contributed by atoms with E-state index in [4.69, 9.17) is 14.2 Å². The molecule has 1 N–H and O–H groups in total. The van der Waals surface area contributed by atoms with Gasteiger partial charge in [0.1, 0.15) is 12.3 Å². The molecule has 0 atom stereocenters. The maximum Gasteiger partial charge on any atom is 0.273 e. The zero-order valence-electron chi connectivity index (χ0n) is 18.3. The summed E-state index contributed by atoms with van der Waals surface area (Å²) in [6.45, 7) is 2.13. The number of amides is 1. The molecule has 32 heavy (non-hydrogen) atoms. The summed E-state index contributed by atoms with van der Waals surface area (Å²) in [6, 6.07) is 12.5. The Balaban J connectivity index is 1.76. The van der Waals surface area contributed by atoms with Crippen molar-refractivity contribution in [3.8, 4) is 17.2 Å². The number of carbonyl (C=O) groups is 1. The first-order valence-electron chi connectivity index (χ1n) is 10.00. The van der Waals surface area contributed by atoms with Crippen molar-refractivity contribution in [2.45, 2.75) is 20.0 Å². The number of hydrogen-bond donors (Lipinski definition) is 1. The SMILES string of the molecule is COc1ccccc1CNC(=O)Cn1c2cc(OC)c(OC)cc2c2nc(=O)cc(C)n21. The molecule has 0 bridgehead atoms. The van der Waals surface area contributed by atoms with Gasteiger partial charge in [-0.1, -0.05) is 18.2 Å². The van der Waals surface area contributed by atoms with Crippen molar-refractivity contribution >= 4 is 22.5 Å². The van der Waals surface area contributed by atoms with Gasteiger partial charge in [0.15, 0.2) is 17.1 Å². The quantitative estimate of drug-likeness (QED) is 0.478. The van der Waals surface area contributed by atoms with E-state index in [9.17, 15) is 9.59 Å². The smallest absolute Gasteiger partial charge is 0.273 e. The summed E-state index contributed by atoms with van der Waals surface area (Å²) in [5.74, 6) is 1.52. The van der Waals surface area contributed by atoms with Crippen LogP contribution in [0.4, 0.5) is 0 Å². The first-order chi connectivity index (χ1) is 15.5. The van der Waals surface area contributed by atoms with Gasteiger partial charge in [-0.2, -0.15) is 4.98 Å². The lowest BCUT2D eigenvalue weighted by molar-refractivity contribution is -0.122. The van der Waals surface area contributed by atoms with E-state index in [1.165, 1.54) is 6.07 Å². The minimum absolute atomic E-state index is 0.00994. The fraction of sp³-hybridized carbons (Fsp3) is 0.261. The molecule has 0 radical (unpaired) electrons. The maximum atomic E-state index is 12.9. The van der Waals surface area contributed by atoms with Gasteiger partial charge in [-0.05, 0) is 19.1 Å². The fourth-order valence-corrected chi connectivity index (χ4v) is 3.83. The summed E-state index contributed by atoms with van der Waals surface area (Å²) in [6.07, 6.45) is 0. The van der Waals surface area contributed by atoms with E-state index < -0.39 is 0 Å². The standard InChI is InChI=1S/C23H24N4O5/c1-14-9-21(28)25-23-16-10-19(31-3)20(32-4)11-17(16)26(27(14)23)13-22(29)24-12-15-7-5-6-8-18(15)30-2/h5-11H,12-13H2,1-4H3,(H,24,29). The van der Waals surface area contributed by atoms with E-state index in [1.54, 1.807) is 49.6 Å². The van der Waals surface area contributed by atoms with Crippen LogP contribution < -0.4 is 25.1 Å². The predicted molar refractivity (Wildman–Crippen MR) is 120 cm³/mol. The number of nitrogens with zero attached hydrogens (tertiary/aromatic N) is 3. The second-order valence-corrected chi connectivity index (χ2v) is 7.24. The van der Waals surface area contributed by atoms with Crippen molar-refractivity contribution in [1.82, 2.24) is 19.5 Å². The van der Waals surface area contributed by atoms with Crippen molar-refractivity contribution in [1.29, 1.82) is 0 Å². The van der Waals surface area contributed by atoms with E-state index in [0.29, 0.717) is 46.0 Å². The number of aryl methyl sites for hydroxylation is 1. The Labute approximate surface area is 184 Å². The third-order valence-electron chi connectivity index (χ3n) is 5.31. The maximum absolute atomic E-state index is 12.9. The van der Waals surface area contributed by atoms with Gasteiger partial charge in [0, 0.05) is 35.3 Å². The molecule has 166 valence electrons. The third kappa shape index (κ3) is 3.73. The lowest BCUT2D eigenvalue weighted by Gasteiger charge is -2.13. The van der Waals surface area contributed by atoms with Gasteiger partial charge < -0.3 is 19.5 Å². The number of methoxy groups -OCH3 is 3. The normalized spacial score (nSPS) is 11.0. The summed E-state index contributed by atoms with van der Waals surface area (Å²) in [7, 11) is 4.68. The van der Waals surface area contributed by atoms with E-state index in [-0.39, 0.29) is 18.0 Å². The van der Waals surface area contributed by atoms with Gasteiger partial charge >= 0.3 is 0 Å². The molecular formula is C23H24N4O5. The average Bonchev–Trinajstić information content (AvgIpc) is 3.09. The molecule has 2 heterocycles. The number of hydrogen-bond acceptors (Lipinski definition) is 6. The topological polar surface area (TPSA) is 96.1 Å². The lowest BCUT2D eigenvalue weighted by Crippen LogP contribution is -2.29. The molecule has 0 saturated heterocycles. The summed E-state index contributed by atoms with van der Waals surface area (Å²) in [5.41, 5.74) is 2.32. The van der Waals surface area contributed by atoms with Crippen molar-refractivity contribution in [3.05, 3.63) is 64.1 Å². The molecule has 0 aliphatic carbocycles. The number of carbonyl (C=O) groups excluding carboxylic acids is 1. The minimum Gasteiger partial charge on any atom is -0.496 e. The van der Waals surface area contributed by atoms with Crippen LogP contribution >= 0.6 is 0 Å². The summed E-state index contributed by atoms with van der Waals surface area (Å²) in [4.78, 5) is 29.2. The summed E-state index contributed by atoms with van der Waals surface area (Å²) >= 11 is 0. The van der Waals surface area contributed by atoms with Crippen LogP contribution in [0.3, 0.4) is 0 Å². The number of benzene rings is 2. The second kappa shape index (κ2) is 8.62. The molecule has 0 spiro atoms. The number of para-hydroxylation sites is 1. The fourth-order valence-electron chi connectivity index (χ4n) is 3.83. The van der Waals surface area contributed by atoms with Gasteiger partial charge in [0.05, 0.1) is 26.8 Å². The first kappa shape index (κ1) is 21.2. The van der Waals surface area contributed by atoms with Crippen molar-refractivity contribution in [3.63, 3.8) is 0 Å². The van der Waals surface area contributed by atoms with Gasteiger partial charge in [-0.15, -0.1) is 0 Å². The van der Waals surface area contributed by atoms with E-state index in [1.807, 2.05) is 24.3 Å². The number of fused-ring (bicyclic) bond motifs is 3. The highest BCUT2D eigenvalue weighted by Gasteiger charge is 2.19. The Morgan fingerprint density at radius 3 is 2.41 bits per heavy atom. The summed E-state index contributed by atoms with van der Waals surface area (Å²) in [5, 5.41) is 3.61. The van der Waals surface area contributed by atoms with Crippen LogP contribution in [0.5, 0.6) is 17.2 Å². The Hall–Kier alpha value is -4.01. The molecule has 0 saturated carbocycles. The van der Waals surface area contributed by atoms with Crippen LogP contribution in [0.15, 0.2) is 47.3 Å². The monoisotopic (exact) mass is 436 g/mol. The van der Waals surface area contributed by atoms with Crippen molar-refractivity contribution in [2.75, 3.05) is 21.3 Å². The minimum atomic E-state index is -0.350. The molecule has 9 nitrogen and oxygen atoms in total. The van der Waals surface area contributed by atoms with E-state index in [2.05, 4.69) is 10.3 Å². The number of ether oxygens (including phenoxy) is 3. The van der Waals surface area contributed by atoms with Gasteiger partial charge in [-0.3, -0.25) is 14.3 Å². The van der Waals surface area contributed by atoms with E-state index >= 15 is 0 Å². The Bertz CT molecular complexity index is 1370. The van der Waals surface area contributed by atoms with Gasteiger partial charge in [0.25, 0.3) is 5.56 Å². The zero-order valence-corrected chi connectivity index (χ0v) is 18.3. The third-order valence-corrected chi connectivity index (χ3v) is 5.31. The zero-order chi connectivity index (χ0) is 22.8. The molecule has 0 aliphatic heterocycles. The van der Waals surface area contributed by atoms with Crippen LogP contribution in [0.25, 0.3) is 16.6 Å². The van der Waals surface area contributed by atoms with Crippen LogP contribution in [0, 0.1) is 6.92 Å². The molecule has 1 amide bonds. The highest BCUT2D eigenvalue weighted by Crippen LogP contribution is 2.34. The van der Waals surface area contributed by atoms with Gasteiger partial charge in [-0.25, -0.2) is 4.52 Å². The van der Waals surface area contributed by atoms with Crippen LogP contribution in [-0.2, 0) is 17.9 Å². The molecule has 9 heteroatoms. The average molecular weight is 436 g/mol. The highest BCUT2D eigenvalue weighted by atomic mass is 16.5.